The van der Waals surface area contributed by atoms with Crippen molar-refractivity contribution in [1.82, 2.24) is 0 Å². The van der Waals surface area contributed by atoms with Crippen molar-refractivity contribution in [2.75, 3.05) is 11.9 Å². The van der Waals surface area contributed by atoms with Crippen LogP contribution in [0, 0.1) is 0 Å². The van der Waals surface area contributed by atoms with E-state index >= 15 is 0 Å². The van der Waals surface area contributed by atoms with Gasteiger partial charge in [-0.1, -0.05) is 12.1 Å². The Morgan fingerprint density at radius 3 is 2.95 bits per heavy atom. The number of anilines is 1. The van der Waals surface area contributed by atoms with Crippen molar-refractivity contribution in [3.05, 3.63) is 29.3 Å². The van der Waals surface area contributed by atoms with E-state index in [2.05, 4.69) is 5.32 Å². The van der Waals surface area contributed by atoms with Gasteiger partial charge in [-0.2, -0.15) is 0 Å². The second-order valence-corrected chi connectivity index (χ2v) is 5.99. The zero-order chi connectivity index (χ0) is 14.2. The third kappa shape index (κ3) is 2.45. The van der Waals surface area contributed by atoms with E-state index in [0.717, 1.165) is 42.5 Å². The smallest absolute Gasteiger partial charge is 0.224 e. The van der Waals surface area contributed by atoms with Crippen molar-refractivity contribution in [1.29, 1.82) is 0 Å². The molecule has 1 aromatic rings. The van der Waals surface area contributed by atoms with E-state index < -0.39 is 11.7 Å². The quantitative estimate of drug-likeness (QED) is 0.872. The maximum Gasteiger partial charge on any atom is 0.224 e. The highest BCUT2D eigenvalue weighted by Crippen LogP contribution is 2.38. The van der Waals surface area contributed by atoms with Gasteiger partial charge in [0.2, 0.25) is 5.91 Å². The van der Waals surface area contributed by atoms with Crippen molar-refractivity contribution in [2.45, 2.75) is 50.7 Å². The van der Waals surface area contributed by atoms with Crippen molar-refractivity contribution >= 4 is 11.6 Å². The van der Waals surface area contributed by atoms with Crippen LogP contribution in [-0.2, 0) is 16.0 Å². The van der Waals surface area contributed by atoms with Crippen LogP contribution in [0.25, 0.3) is 0 Å². The molecule has 4 nitrogen and oxygen atoms in total. The minimum atomic E-state index is -0.616. The number of ether oxygens (including phenoxy) is 1. The van der Waals surface area contributed by atoms with Gasteiger partial charge >= 0.3 is 0 Å². The van der Waals surface area contributed by atoms with Gasteiger partial charge in [0.05, 0.1) is 5.60 Å². The standard InChI is InChI=1S/C16H21NO3/c1-16(8-3-9-20-16)15(19)12-6-7-13-11(10-12)4-2-5-14(18)17-13/h6-7,10,15,19H,2-5,8-9H2,1H3,(H,17,18). The largest absolute Gasteiger partial charge is 0.385 e. The molecule has 20 heavy (non-hydrogen) atoms. The summed E-state index contributed by atoms with van der Waals surface area (Å²) in [6.45, 7) is 2.69. The summed E-state index contributed by atoms with van der Waals surface area (Å²) < 4.78 is 5.72. The summed E-state index contributed by atoms with van der Waals surface area (Å²) in [7, 11) is 0. The van der Waals surface area contributed by atoms with Gasteiger partial charge in [0.15, 0.2) is 0 Å². The van der Waals surface area contributed by atoms with Crippen LogP contribution in [0.5, 0.6) is 0 Å². The summed E-state index contributed by atoms with van der Waals surface area (Å²) >= 11 is 0. The molecule has 0 spiro atoms. The molecule has 1 amide bonds. The van der Waals surface area contributed by atoms with Crippen molar-refractivity contribution in [2.24, 2.45) is 0 Å². The molecule has 1 fully saturated rings. The number of aliphatic hydroxyl groups is 1. The van der Waals surface area contributed by atoms with Crippen LogP contribution in [0.2, 0.25) is 0 Å². The minimum absolute atomic E-state index is 0.0723. The van der Waals surface area contributed by atoms with Gasteiger partial charge in [-0.15, -0.1) is 0 Å². The molecule has 0 bridgehead atoms. The highest BCUT2D eigenvalue weighted by atomic mass is 16.5. The number of amides is 1. The Kier molecular flexibility index (Phi) is 3.52. The van der Waals surface area contributed by atoms with Gasteiger partial charge in [-0.05, 0) is 49.8 Å². The molecule has 0 saturated carbocycles. The molecule has 3 rings (SSSR count). The molecule has 0 aromatic heterocycles. The molecule has 108 valence electrons. The lowest BCUT2D eigenvalue weighted by Crippen LogP contribution is -2.32. The number of hydrogen-bond acceptors (Lipinski definition) is 3. The summed E-state index contributed by atoms with van der Waals surface area (Å²) in [4.78, 5) is 11.5. The van der Waals surface area contributed by atoms with Crippen LogP contribution in [0.4, 0.5) is 5.69 Å². The fourth-order valence-corrected chi connectivity index (χ4v) is 3.13. The van der Waals surface area contributed by atoms with Crippen LogP contribution >= 0.6 is 0 Å². The average Bonchev–Trinajstić information content (AvgIpc) is 2.79. The monoisotopic (exact) mass is 275 g/mol. The van der Waals surface area contributed by atoms with E-state index in [9.17, 15) is 9.90 Å². The first-order valence-corrected chi connectivity index (χ1v) is 7.33. The highest BCUT2D eigenvalue weighted by Gasteiger charge is 2.38. The molecular weight excluding hydrogens is 254 g/mol. The Morgan fingerprint density at radius 1 is 1.35 bits per heavy atom. The second kappa shape index (κ2) is 5.19. The number of hydrogen-bond donors (Lipinski definition) is 2. The number of rotatable bonds is 2. The summed E-state index contributed by atoms with van der Waals surface area (Å²) in [5, 5.41) is 13.5. The first-order chi connectivity index (χ1) is 9.58. The lowest BCUT2D eigenvalue weighted by molar-refractivity contribution is -0.116. The molecule has 2 unspecified atom stereocenters. The molecule has 0 radical (unpaired) electrons. The third-order valence-electron chi connectivity index (χ3n) is 4.40. The normalized spacial score (nSPS) is 27.6. The van der Waals surface area contributed by atoms with E-state index in [1.54, 1.807) is 0 Å². The molecule has 2 atom stereocenters. The third-order valence-corrected chi connectivity index (χ3v) is 4.40. The van der Waals surface area contributed by atoms with Crippen LogP contribution in [0.3, 0.4) is 0 Å². The Morgan fingerprint density at radius 2 is 2.20 bits per heavy atom. The number of aryl methyl sites for hydroxylation is 1. The molecule has 1 saturated heterocycles. The highest BCUT2D eigenvalue weighted by molar-refractivity contribution is 5.92. The molecule has 2 aliphatic rings. The summed E-state index contributed by atoms with van der Waals surface area (Å²) in [6.07, 6.45) is 3.54. The zero-order valence-electron chi connectivity index (χ0n) is 11.8. The fourth-order valence-electron chi connectivity index (χ4n) is 3.13. The van der Waals surface area contributed by atoms with Gasteiger partial charge < -0.3 is 15.2 Å². The number of carbonyl (C=O) groups excluding carboxylic acids is 1. The first-order valence-electron chi connectivity index (χ1n) is 7.33. The predicted octanol–water partition coefficient (Wildman–Crippen LogP) is 2.56. The minimum Gasteiger partial charge on any atom is -0.385 e. The molecule has 1 aromatic carbocycles. The molecule has 2 aliphatic heterocycles. The van der Waals surface area contributed by atoms with E-state index in [1.807, 2.05) is 25.1 Å². The SMILES string of the molecule is CC1(C(O)c2ccc3c(c2)CCCC(=O)N3)CCCO1. The predicted molar refractivity (Wildman–Crippen MR) is 76.6 cm³/mol. The number of aliphatic hydroxyl groups excluding tert-OH is 1. The lowest BCUT2D eigenvalue weighted by Gasteiger charge is -2.30. The van der Waals surface area contributed by atoms with E-state index in [4.69, 9.17) is 4.74 Å². The number of carbonyl (C=O) groups is 1. The van der Waals surface area contributed by atoms with Crippen LogP contribution in [-0.4, -0.2) is 23.2 Å². The Labute approximate surface area is 119 Å². The number of fused-ring (bicyclic) bond motifs is 1. The van der Waals surface area contributed by atoms with E-state index in [-0.39, 0.29) is 5.91 Å². The molecule has 2 heterocycles. The van der Waals surface area contributed by atoms with Crippen LogP contribution < -0.4 is 5.32 Å². The van der Waals surface area contributed by atoms with E-state index in [0.29, 0.717) is 13.0 Å². The Hall–Kier alpha value is -1.39. The van der Waals surface area contributed by atoms with Gasteiger partial charge in [0, 0.05) is 18.7 Å². The summed E-state index contributed by atoms with van der Waals surface area (Å²) in [5.74, 6) is 0.0723. The second-order valence-electron chi connectivity index (χ2n) is 5.99. The molecule has 0 aliphatic carbocycles. The van der Waals surface area contributed by atoms with Gasteiger partial charge in [0.1, 0.15) is 6.10 Å². The fraction of sp³-hybridized carbons (Fsp3) is 0.562. The van der Waals surface area contributed by atoms with Gasteiger partial charge in [-0.25, -0.2) is 0 Å². The summed E-state index contributed by atoms with van der Waals surface area (Å²) in [6, 6.07) is 5.80. The van der Waals surface area contributed by atoms with Crippen LogP contribution in [0.15, 0.2) is 18.2 Å². The van der Waals surface area contributed by atoms with Crippen LogP contribution in [0.1, 0.15) is 49.8 Å². The topological polar surface area (TPSA) is 58.6 Å². The first kappa shape index (κ1) is 13.6. The molecule has 2 N–H and O–H groups in total. The van der Waals surface area contributed by atoms with Crippen molar-refractivity contribution in [3.63, 3.8) is 0 Å². The average molecular weight is 275 g/mol. The van der Waals surface area contributed by atoms with Crippen molar-refractivity contribution in [3.8, 4) is 0 Å². The van der Waals surface area contributed by atoms with Crippen molar-refractivity contribution < 1.29 is 14.6 Å². The van der Waals surface area contributed by atoms with Gasteiger partial charge in [-0.3, -0.25) is 4.79 Å². The number of benzene rings is 1. The Balaban J connectivity index is 1.88. The zero-order valence-corrected chi connectivity index (χ0v) is 11.8. The number of nitrogens with one attached hydrogen (secondary N) is 1. The summed E-state index contributed by atoms with van der Waals surface area (Å²) in [5.41, 5.74) is 2.38. The van der Waals surface area contributed by atoms with E-state index in [1.165, 1.54) is 0 Å². The van der Waals surface area contributed by atoms with Gasteiger partial charge in [0.25, 0.3) is 0 Å². The molecular formula is C16H21NO3. The maximum absolute atomic E-state index is 11.5. The lowest BCUT2D eigenvalue weighted by atomic mass is 9.89. The maximum atomic E-state index is 11.5. The Bertz CT molecular complexity index is 520. The molecule has 4 heteroatoms.